The summed E-state index contributed by atoms with van der Waals surface area (Å²) >= 11 is 0. The molecule has 1 heterocycles. The van der Waals surface area contributed by atoms with Crippen LogP contribution in [0.1, 0.15) is 29.1 Å². The van der Waals surface area contributed by atoms with Gasteiger partial charge in [0.05, 0.1) is 11.4 Å². The van der Waals surface area contributed by atoms with Crippen LogP contribution in [0.2, 0.25) is 0 Å². The third-order valence-corrected chi connectivity index (χ3v) is 3.51. The molecule has 4 heteroatoms. The summed E-state index contributed by atoms with van der Waals surface area (Å²) in [4.78, 5) is 24.3. The molecule has 0 spiro atoms. The lowest BCUT2D eigenvalue weighted by Crippen LogP contribution is -2.27. The maximum atomic E-state index is 12.3. The van der Waals surface area contributed by atoms with Gasteiger partial charge in [-0.25, -0.2) is 0 Å². The summed E-state index contributed by atoms with van der Waals surface area (Å²) in [6.45, 7) is 1.88. The standard InChI is InChI=1S/C18H15NO3/c1-12(13-7-3-2-4-8-13)19-18(21)17-11-15(20)14-9-5-6-10-16(14)22-17/h2-12H,1H3,(H,19,21). The third-order valence-electron chi connectivity index (χ3n) is 3.51. The average molecular weight is 293 g/mol. The Morgan fingerprint density at radius 3 is 2.50 bits per heavy atom. The van der Waals surface area contributed by atoms with Crippen LogP contribution >= 0.6 is 0 Å². The number of nitrogens with one attached hydrogen (secondary N) is 1. The number of rotatable bonds is 3. The molecule has 0 radical (unpaired) electrons. The van der Waals surface area contributed by atoms with E-state index >= 15 is 0 Å². The molecule has 1 amide bonds. The van der Waals surface area contributed by atoms with Gasteiger partial charge in [-0.1, -0.05) is 42.5 Å². The lowest BCUT2D eigenvalue weighted by molar-refractivity contribution is 0.0912. The zero-order chi connectivity index (χ0) is 15.5. The van der Waals surface area contributed by atoms with Gasteiger partial charge < -0.3 is 9.73 Å². The molecule has 0 saturated heterocycles. The summed E-state index contributed by atoms with van der Waals surface area (Å²) < 4.78 is 5.53. The first-order valence-corrected chi connectivity index (χ1v) is 7.04. The first-order valence-electron chi connectivity index (χ1n) is 7.04. The molecule has 22 heavy (non-hydrogen) atoms. The van der Waals surface area contributed by atoms with Crippen LogP contribution < -0.4 is 10.7 Å². The molecule has 1 atom stereocenters. The predicted octanol–water partition coefficient (Wildman–Crippen LogP) is 3.28. The number of benzene rings is 2. The smallest absolute Gasteiger partial charge is 0.287 e. The molecule has 0 aliphatic carbocycles. The molecule has 0 saturated carbocycles. The summed E-state index contributed by atoms with van der Waals surface area (Å²) in [6.07, 6.45) is 0. The van der Waals surface area contributed by atoms with Crippen LogP contribution in [0, 0.1) is 0 Å². The minimum Gasteiger partial charge on any atom is -0.451 e. The number of fused-ring (bicyclic) bond motifs is 1. The molecule has 4 nitrogen and oxygen atoms in total. The van der Waals surface area contributed by atoms with E-state index in [0.717, 1.165) is 5.56 Å². The van der Waals surface area contributed by atoms with Crippen LogP contribution in [0.4, 0.5) is 0 Å². The van der Waals surface area contributed by atoms with Crippen molar-refractivity contribution in [2.45, 2.75) is 13.0 Å². The predicted molar refractivity (Wildman–Crippen MR) is 84.8 cm³/mol. The maximum Gasteiger partial charge on any atom is 0.287 e. The van der Waals surface area contributed by atoms with Crippen molar-refractivity contribution in [3.05, 3.63) is 82.2 Å². The minimum atomic E-state index is -0.404. The second-order valence-electron chi connectivity index (χ2n) is 5.08. The molecule has 0 aliphatic rings. The first kappa shape index (κ1) is 14.1. The van der Waals surface area contributed by atoms with Crippen LogP contribution in [0.3, 0.4) is 0 Å². The quantitative estimate of drug-likeness (QED) is 0.806. The highest BCUT2D eigenvalue weighted by Crippen LogP contribution is 2.14. The molecule has 1 N–H and O–H groups in total. The van der Waals surface area contributed by atoms with Crippen LogP contribution in [0.15, 0.2) is 69.9 Å². The summed E-state index contributed by atoms with van der Waals surface area (Å²) in [6, 6.07) is 17.5. The number of carbonyl (C=O) groups is 1. The van der Waals surface area contributed by atoms with Gasteiger partial charge in [0, 0.05) is 6.07 Å². The van der Waals surface area contributed by atoms with Gasteiger partial charge in [0.25, 0.3) is 5.91 Å². The molecule has 1 aromatic heterocycles. The van der Waals surface area contributed by atoms with Crippen molar-refractivity contribution in [2.24, 2.45) is 0 Å². The number of para-hydroxylation sites is 1. The topological polar surface area (TPSA) is 59.3 Å². The van der Waals surface area contributed by atoms with E-state index in [2.05, 4.69) is 5.32 Å². The van der Waals surface area contributed by atoms with Crippen molar-refractivity contribution < 1.29 is 9.21 Å². The largest absolute Gasteiger partial charge is 0.451 e. The van der Waals surface area contributed by atoms with E-state index in [1.54, 1.807) is 24.3 Å². The van der Waals surface area contributed by atoms with E-state index in [-0.39, 0.29) is 17.2 Å². The third kappa shape index (κ3) is 2.76. The maximum absolute atomic E-state index is 12.3. The van der Waals surface area contributed by atoms with Crippen LogP contribution in [0.5, 0.6) is 0 Å². The highest BCUT2D eigenvalue weighted by atomic mass is 16.3. The molecular formula is C18H15NO3. The summed E-state index contributed by atoms with van der Waals surface area (Å²) in [5, 5.41) is 3.30. The minimum absolute atomic E-state index is 0.0199. The van der Waals surface area contributed by atoms with Gasteiger partial charge in [-0.3, -0.25) is 9.59 Å². The SMILES string of the molecule is CC(NC(=O)c1cc(=O)c2ccccc2o1)c1ccccc1. The Hall–Kier alpha value is -2.88. The molecule has 1 unspecified atom stereocenters. The van der Waals surface area contributed by atoms with Gasteiger partial charge in [-0.15, -0.1) is 0 Å². The Bertz CT molecular complexity index is 868. The molecule has 0 aliphatic heterocycles. The van der Waals surface area contributed by atoms with Crippen molar-refractivity contribution in [1.82, 2.24) is 5.32 Å². The van der Waals surface area contributed by atoms with Crippen LogP contribution in [-0.4, -0.2) is 5.91 Å². The van der Waals surface area contributed by atoms with Crippen molar-refractivity contribution in [2.75, 3.05) is 0 Å². The molecular weight excluding hydrogens is 278 g/mol. The molecule has 110 valence electrons. The Kier molecular flexibility index (Phi) is 3.74. The van der Waals surface area contributed by atoms with Crippen molar-refractivity contribution in [3.8, 4) is 0 Å². The van der Waals surface area contributed by atoms with E-state index in [4.69, 9.17) is 4.42 Å². The van der Waals surface area contributed by atoms with Crippen molar-refractivity contribution >= 4 is 16.9 Å². The molecule has 0 fully saturated rings. The van der Waals surface area contributed by atoms with Gasteiger partial charge in [0.15, 0.2) is 11.2 Å². The molecule has 3 aromatic rings. The summed E-state index contributed by atoms with van der Waals surface area (Å²) in [5.41, 5.74) is 1.17. The number of hydrogen-bond acceptors (Lipinski definition) is 3. The Morgan fingerprint density at radius 1 is 1.05 bits per heavy atom. The number of amides is 1. The Morgan fingerprint density at radius 2 is 1.73 bits per heavy atom. The van der Waals surface area contributed by atoms with Gasteiger partial charge in [0.1, 0.15) is 5.58 Å². The average Bonchev–Trinajstić information content (AvgIpc) is 2.55. The van der Waals surface area contributed by atoms with Crippen LogP contribution in [0.25, 0.3) is 11.0 Å². The van der Waals surface area contributed by atoms with Gasteiger partial charge in [0.2, 0.25) is 0 Å². The van der Waals surface area contributed by atoms with Gasteiger partial charge in [-0.2, -0.15) is 0 Å². The molecule has 2 aromatic carbocycles. The summed E-state index contributed by atoms with van der Waals surface area (Å²) in [7, 11) is 0. The lowest BCUT2D eigenvalue weighted by Gasteiger charge is -2.13. The first-order chi connectivity index (χ1) is 10.6. The Balaban J connectivity index is 1.88. The van der Waals surface area contributed by atoms with Gasteiger partial charge in [-0.05, 0) is 24.6 Å². The second-order valence-corrected chi connectivity index (χ2v) is 5.08. The van der Waals surface area contributed by atoms with Gasteiger partial charge >= 0.3 is 0 Å². The fourth-order valence-electron chi connectivity index (χ4n) is 2.31. The zero-order valence-corrected chi connectivity index (χ0v) is 12.1. The van der Waals surface area contributed by atoms with E-state index in [0.29, 0.717) is 11.0 Å². The van der Waals surface area contributed by atoms with E-state index in [1.807, 2.05) is 37.3 Å². The fourth-order valence-corrected chi connectivity index (χ4v) is 2.31. The van der Waals surface area contributed by atoms with E-state index in [9.17, 15) is 9.59 Å². The number of hydrogen-bond donors (Lipinski definition) is 1. The number of carbonyl (C=O) groups excluding carboxylic acids is 1. The normalized spacial score (nSPS) is 12.0. The zero-order valence-electron chi connectivity index (χ0n) is 12.1. The highest BCUT2D eigenvalue weighted by molar-refractivity contribution is 5.93. The molecule has 0 bridgehead atoms. The van der Waals surface area contributed by atoms with Crippen molar-refractivity contribution in [1.29, 1.82) is 0 Å². The van der Waals surface area contributed by atoms with Crippen molar-refractivity contribution in [3.63, 3.8) is 0 Å². The second kappa shape index (κ2) is 5.85. The molecule has 3 rings (SSSR count). The van der Waals surface area contributed by atoms with E-state index in [1.165, 1.54) is 6.07 Å². The monoisotopic (exact) mass is 293 g/mol. The fraction of sp³-hybridized carbons (Fsp3) is 0.111. The Labute approximate surface area is 127 Å². The highest BCUT2D eigenvalue weighted by Gasteiger charge is 2.15. The lowest BCUT2D eigenvalue weighted by atomic mass is 10.1. The van der Waals surface area contributed by atoms with E-state index < -0.39 is 5.91 Å². The van der Waals surface area contributed by atoms with Crippen LogP contribution in [-0.2, 0) is 0 Å². The summed E-state index contributed by atoms with van der Waals surface area (Å²) in [5.74, 6) is -0.384.